The summed E-state index contributed by atoms with van der Waals surface area (Å²) < 4.78 is 20.9. The number of hydrogen-bond acceptors (Lipinski definition) is 5. The summed E-state index contributed by atoms with van der Waals surface area (Å²) >= 11 is 5.95. The van der Waals surface area contributed by atoms with Crippen LogP contribution >= 0.6 is 11.6 Å². The minimum atomic E-state index is -0.305. The smallest absolute Gasteiger partial charge is 0.247 e. The Morgan fingerprint density at radius 1 is 1.12 bits per heavy atom. The second-order valence-electron chi connectivity index (χ2n) is 8.48. The summed E-state index contributed by atoms with van der Waals surface area (Å²) in [5, 5.41) is 13.5. The molecule has 34 heavy (non-hydrogen) atoms. The number of hydrogen-bond donors (Lipinski definition) is 0. The monoisotopic (exact) mass is 479 g/mol. The molecule has 4 aromatic rings. The number of carbonyl (C=O) groups excluding carboxylic acids is 1. The van der Waals surface area contributed by atoms with Crippen LogP contribution in [0.3, 0.4) is 0 Å². The Bertz CT molecular complexity index is 1330. The number of rotatable bonds is 7. The Balaban J connectivity index is 1.33. The molecule has 2 aromatic carbocycles. The van der Waals surface area contributed by atoms with Crippen molar-refractivity contribution in [3.8, 4) is 17.1 Å². The van der Waals surface area contributed by atoms with Gasteiger partial charge in [0.2, 0.25) is 17.7 Å². The molecule has 9 heteroatoms. The number of amides is 1. The van der Waals surface area contributed by atoms with Gasteiger partial charge in [0.25, 0.3) is 0 Å². The summed E-state index contributed by atoms with van der Waals surface area (Å²) in [5.74, 6) is 0.461. The number of aromatic nitrogens is 4. The van der Waals surface area contributed by atoms with E-state index in [1.54, 1.807) is 28.9 Å². The average molecular weight is 480 g/mol. The van der Waals surface area contributed by atoms with Crippen LogP contribution in [0.15, 0.2) is 52.9 Å². The second-order valence-corrected chi connectivity index (χ2v) is 8.91. The highest BCUT2D eigenvalue weighted by molar-refractivity contribution is 6.30. The van der Waals surface area contributed by atoms with E-state index in [1.165, 1.54) is 12.1 Å². The molecule has 0 bridgehead atoms. The molecule has 7 nitrogen and oxygen atoms in total. The normalized spacial score (nSPS) is 13.3. The first-order valence-electron chi connectivity index (χ1n) is 11.1. The van der Waals surface area contributed by atoms with Gasteiger partial charge in [-0.2, -0.15) is 5.10 Å². The third-order valence-electron chi connectivity index (χ3n) is 6.01. The van der Waals surface area contributed by atoms with E-state index in [0.29, 0.717) is 16.8 Å². The molecule has 1 aliphatic carbocycles. The molecule has 1 fully saturated rings. The van der Waals surface area contributed by atoms with Crippen molar-refractivity contribution < 1.29 is 13.6 Å². The largest absolute Gasteiger partial charge is 0.419 e. The van der Waals surface area contributed by atoms with Gasteiger partial charge in [0.15, 0.2) is 0 Å². The van der Waals surface area contributed by atoms with Crippen LogP contribution in [-0.4, -0.2) is 36.8 Å². The maximum absolute atomic E-state index is 13.3. The van der Waals surface area contributed by atoms with E-state index in [9.17, 15) is 9.18 Å². The minimum Gasteiger partial charge on any atom is -0.419 e. The van der Waals surface area contributed by atoms with Crippen LogP contribution in [0.2, 0.25) is 5.02 Å². The van der Waals surface area contributed by atoms with Gasteiger partial charge in [-0.1, -0.05) is 11.6 Å². The predicted octanol–water partition coefficient (Wildman–Crippen LogP) is 5.07. The van der Waals surface area contributed by atoms with Crippen LogP contribution in [0.1, 0.15) is 35.7 Å². The number of benzene rings is 2. The number of aryl methyl sites for hydroxylation is 1. The number of halogens is 2. The highest BCUT2D eigenvalue weighted by atomic mass is 35.5. The topological polar surface area (TPSA) is 77.1 Å². The van der Waals surface area contributed by atoms with Gasteiger partial charge in [-0.3, -0.25) is 4.79 Å². The van der Waals surface area contributed by atoms with Gasteiger partial charge in [-0.15, -0.1) is 10.2 Å². The third-order valence-corrected chi connectivity index (χ3v) is 6.26. The van der Waals surface area contributed by atoms with Crippen molar-refractivity contribution in [2.75, 3.05) is 0 Å². The zero-order valence-electron chi connectivity index (χ0n) is 18.8. The zero-order valence-corrected chi connectivity index (χ0v) is 19.6. The van der Waals surface area contributed by atoms with Gasteiger partial charge < -0.3 is 9.32 Å². The molecule has 0 saturated heterocycles. The molecular weight excluding hydrogens is 457 g/mol. The minimum absolute atomic E-state index is 0.0152. The summed E-state index contributed by atoms with van der Waals surface area (Å²) in [6.07, 6.45) is 2.13. The van der Waals surface area contributed by atoms with E-state index in [1.807, 2.05) is 30.9 Å². The van der Waals surface area contributed by atoms with Crippen molar-refractivity contribution in [3.63, 3.8) is 0 Å². The average Bonchev–Trinajstić information content (AvgIpc) is 3.50. The third kappa shape index (κ3) is 4.59. The lowest BCUT2D eigenvalue weighted by Gasteiger charge is -2.20. The first-order valence-corrected chi connectivity index (χ1v) is 11.5. The van der Waals surface area contributed by atoms with E-state index < -0.39 is 0 Å². The summed E-state index contributed by atoms with van der Waals surface area (Å²) in [6, 6.07) is 13.5. The second kappa shape index (κ2) is 9.02. The Labute approximate surface area is 201 Å². The molecule has 0 spiro atoms. The van der Waals surface area contributed by atoms with E-state index >= 15 is 0 Å². The molecule has 0 aliphatic heterocycles. The quantitative estimate of drug-likeness (QED) is 0.370. The summed E-state index contributed by atoms with van der Waals surface area (Å²) in [5.41, 5.74) is 4.02. The molecular formula is C25H23ClFN5O2. The molecule has 2 aromatic heterocycles. The fourth-order valence-electron chi connectivity index (χ4n) is 4.00. The van der Waals surface area contributed by atoms with Gasteiger partial charge in [-0.25, -0.2) is 9.07 Å². The molecule has 0 atom stereocenters. The summed E-state index contributed by atoms with van der Waals surface area (Å²) in [4.78, 5) is 15.2. The van der Waals surface area contributed by atoms with Gasteiger partial charge in [0, 0.05) is 27.9 Å². The van der Waals surface area contributed by atoms with Crippen molar-refractivity contribution in [1.82, 2.24) is 24.9 Å². The lowest BCUT2D eigenvalue weighted by atomic mass is 10.1. The first-order chi connectivity index (χ1) is 16.4. The van der Waals surface area contributed by atoms with Crippen LogP contribution in [0.25, 0.3) is 17.1 Å². The van der Waals surface area contributed by atoms with Crippen molar-refractivity contribution >= 4 is 17.5 Å². The lowest BCUT2D eigenvalue weighted by Crippen LogP contribution is -2.34. The zero-order chi connectivity index (χ0) is 23.8. The van der Waals surface area contributed by atoms with Gasteiger partial charge in [-0.05, 0) is 75.2 Å². The Kier molecular flexibility index (Phi) is 5.91. The summed E-state index contributed by atoms with van der Waals surface area (Å²) in [6.45, 7) is 4.06. The molecule has 1 saturated carbocycles. The van der Waals surface area contributed by atoms with Crippen LogP contribution < -0.4 is 0 Å². The SMILES string of the molecule is Cc1nn(-c2ccc(F)cc2)c(C)c1CC(=O)N(Cc1nnc(-c2ccc(Cl)cc2)o1)C1CC1. The van der Waals surface area contributed by atoms with E-state index in [-0.39, 0.29) is 30.7 Å². The number of carbonyl (C=O) groups is 1. The fourth-order valence-corrected chi connectivity index (χ4v) is 4.12. The van der Waals surface area contributed by atoms with Crippen LogP contribution in [0.4, 0.5) is 4.39 Å². The summed E-state index contributed by atoms with van der Waals surface area (Å²) in [7, 11) is 0. The van der Waals surface area contributed by atoms with Crippen LogP contribution in [0, 0.1) is 19.7 Å². The van der Waals surface area contributed by atoms with Crippen molar-refractivity contribution in [1.29, 1.82) is 0 Å². The Hall–Kier alpha value is -3.52. The highest BCUT2D eigenvalue weighted by Crippen LogP contribution is 2.30. The number of nitrogens with zero attached hydrogens (tertiary/aromatic N) is 5. The Morgan fingerprint density at radius 3 is 2.50 bits per heavy atom. The maximum atomic E-state index is 13.3. The highest BCUT2D eigenvalue weighted by Gasteiger charge is 2.34. The van der Waals surface area contributed by atoms with E-state index in [2.05, 4.69) is 15.3 Å². The molecule has 1 aliphatic rings. The first kappa shape index (κ1) is 22.3. The molecule has 5 rings (SSSR count). The standard InChI is InChI=1S/C25H23ClFN5O2/c1-15-22(16(2)32(30-15)21-9-7-19(27)8-10-21)13-24(33)31(20-11-12-20)14-23-28-29-25(34-23)17-3-5-18(26)6-4-17/h3-10,20H,11-14H2,1-2H3. The fraction of sp³-hybridized carbons (Fsp3) is 0.280. The van der Waals surface area contributed by atoms with Crippen LogP contribution in [-0.2, 0) is 17.8 Å². The maximum Gasteiger partial charge on any atom is 0.247 e. The molecule has 0 N–H and O–H groups in total. The van der Waals surface area contributed by atoms with Crippen molar-refractivity contribution in [3.05, 3.63) is 82.2 Å². The molecule has 174 valence electrons. The van der Waals surface area contributed by atoms with Gasteiger partial charge >= 0.3 is 0 Å². The molecule has 0 radical (unpaired) electrons. The lowest BCUT2D eigenvalue weighted by molar-refractivity contribution is -0.132. The van der Waals surface area contributed by atoms with Crippen molar-refractivity contribution in [2.24, 2.45) is 0 Å². The van der Waals surface area contributed by atoms with Gasteiger partial charge in [0.05, 0.1) is 24.3 Å². The van der Waals surface area contributed by atoms with E-state index in [0.717, 1.165) is 41.0 Å². The molecule has 1 amide bonds. The van der Waals surface area contributed by atoms with Gasteiger partial charge in [0.1, 0.15) is 5.82 Å². The van der Waals surface area contributed by atoms with E-state index in [4.69, 9.17) is 16.0 Å². The van der Waals surface area contributed by atoms with Crippen LogP contribution in [0.5, 0.6) is 0 Å². The predicted molar refractivity (Wildman–Crippen MR) is 125 cm³/mol. The molecule has 2 heterocycles. The van der Waals surface area contributed by atoms with Crippen molar-refractivity contribution in [2.45, 2.75) is 45.7 Å². The molecule has 0 unspecified atom stereocenters. The Morgan fingerprint density at radius 2 is 1.82 bits per heavy atom.